The van der Waals surface area contributed by atoms with Crippen LogP contribution in [0.1, 0.15) is 32.1 Å². The molecule has 1 aliphatic carbocycles. The predicted molar refractivity (Wildman–Crippen MR) is 70.4 cm³/mol. The van der Waals surface area contributed by atoms with Crippen LogP contribution in [0, 0.1) is 0 Å². The van der Waals surface area contributed by atoms with Crippen molar-refractivity contribution in [1.29, 1.82) is 0 Å². The normalized spacial score (nSPS) is 30.9. The molecule has 3 N–H and O–H groups in total. The van der Waals surface area contributed by atoms with E-state index in [0.29, 0.717) is 26.0 Å². The predicted octanol–water partition coefficient (Wildman–Crippen LogP) is 0.175. The Labute approximate surface area is 117 Å². The van der Waals surface area contributed by atoms with Crippen molar-refractivity contribution in [2.45, 2.75) is 50.3 Å². The Hall–Kier alpha value is -1.34. The molecule has 1 saturated carbocycles. The van der Waals surface area contributed by atoms with Crippen molar-refractivity contribution < 1.29 is 24.5 Å². The molecule has 0 radical (unpaired) electrons. The fourth-order valence-electron chi connectivity index (χ4n) is 2.77. The summed E-state index contributed by atoms with van der Waals surface area (Å²) in [7, 11) is 0. The molecule has 2 aliphatic rings. The Balaban J connectivity index is 1.87. The molecule has 2 fully saturated rings. The minimum absolute atomic E-state index is 0.0687. The van der Waals surface area contributed by atoms with E-state index in [2.05, 4.69) is 5.32 Å². The molecule has 1 saturated heterocycles. The largest absolute Gasteiger partial charge is 0.481 e. The van der Waals surface area contributed by atoms with Crippen LogP contribution >= 0.6 is 0 Å². The lowest BCUT2D eigenvalue weighted by atomic mass is 9.93. The number of nitrogens with one attached hydrogen (secondary N) is 1. The molecule has 2 rings (SSSR count). The summed E-state index contributed by atoms with van der Waals surface area (Å²) in [4.78, 5) is 24.6. The van der Waals surface area contributed by atoms with Gasteiger partial charge >= 0.3 is 12.0 Å². The number of morpholine rings is 1. The first-order valence-electron chi connectivity index (χ1n) is 7.11. The maximum atomic E-state index is 12.2. The van der Waals surface area contributed by atoms with Gasteiger partial charge < -0.3 is 25.2 Å². The molecule has 0 spiro atoms. The highest BCUT2D eigenvalue weighted by Gasteiger charge is 2.31. The van der Waals surface area contributed by atoms with Crippen LogP contribution in [-0.4, -0.2) is 65.1 Å². The summed E-state index contributed by atoms with van der Waals surface area (Å²) < 4.78 is 5.25. The molecule has 1 atom stereocenters. The van der Waals surface area contributed by atoms with Gasteiger partial charge in [-0.1, -0.05) is 0 Å². The van der Waals surface area contributed by atoms with Gasteiger partial charge in [0.1, 0.15) is 0 Å². The van der Waals surface area contributed by atoms with Gasteiger partial charge in [-0.3, -0.25) is 4.79 Å². The zero-order valence-corrected chi connectivity index (χ0v) is 11.5. The highest BCUT2D eigenvalue weighted by Crippen LogP contribution is 2.19. The monoisotopic (exact) mass is 286 g/mol. The molecule has 0 bridgehead atoms. The highest BCUT2D eigenvalue weighted by atomic mass is 16.5. The number of carbonyl (C=O) groups excluding carboxylic acids is 1. The van der Waals surface area contributed by atoms with Crippen LogP contribution in [0.2, 0.25) is 0 Å². The number of aliphatic carboxylic acids is 1. The molecule has 1 aliphatic heterocycles. The van der Waals surface area contributed by atoms with E-state index in [9.17, 15) is 14.7 Å². The van der Waals surface area contributed by atoms with Gasteiger partial charge in [0.15, 0.2) is 0 Å². The van der Waals surface area contributed by atoms with Gasteiger partial charge in [0.25, 0.3) is 0 Å². The summed E-state index contributed by atoms with van der Waals surface area (Å²) >= 11 is 0. The molecular formula is C13H22N2O5. The lowest BCUT2D eigenvalue weighted by molar-refractivity contribution is -0.139. The van der Waals surface area contributed by atoms with Gasteiger partial charge in [0, 0.05) is 12.6 Å². The van der Waals surface area contributed by atoms with Crippen LogP contribution in [0.5, 0.6) is 0 Å². The number of carboxylic acid groups (broad SMARTS) is 1. The third-order valence-electron chi connectivity index (χ3n) is 3.92. The molecule has 20 heavy (non-hydrogen) atoms. The number of amides is 2. The van der Waals surface area contributed by atoms with Crippen molar-refractivity contribution in [3.05, 3.63) is 0 Å². The molecule has 0 aromatic heterocycles. The first-order valence-corrected chi connectivity index (χ1v) is 7.11. The summed E-state index contributed by atoms with van der Waals surface area (Å²) in [6.45, 7) is 1.12. The SMILES string of the molecule is O=C(O)CC1COCCN1C(=O)NC1CCC(O)CC1. The second-order valence-corrected chi connectivity index (χ2v) is 5.47. The van der Waals surface area contributed by atoms with E-state index in [1.807, 2.05) is 0 Å². The van der Waals surface area contributed by atoms with E-state index >= 15 is 0 Å². The average Bonchev–Trinajstić information content (AvgIpc) is 2.41. The van der Waals surface area contributed by atoms with Crippen LogP contribution in [0.15, 0.2) is 0 Å². The Morgan fingerprint density at radius 1 is 1.25 bits per heavy atom. The number of urea groups is 1. The Kier molecular flexibility index (Phi) is 5.19. The Morgan fingerprint density at radius 3 is 2.60 bits per heavy atom. The number of nitrogens with zero attached hydrogens (tertiary/aromatic N) is 1. The molecule has 114 valence electrons. The summed E-state index contributed by atoms with van der Waals surface area (Å²) in [5, 5.41) is 21.3. The smallest absolute Gasteiger partial charge is 0.318 e. The van der Waals surface area contributed by atoms with Gasteiger partial charge in [-0.2, -0.15) is 0 Å². The highest BCUT2D eigenvalue weighted by molar-refractivity contribution is 5.76. The van der Waals surface area contributed by atoms with E-state index in [-0.39, 0.29) is 31.2 Å². The number of aliphatic hydroxyl groups is 1. The Bertz CT molecular complexity index is 355. The number of hydrogen-bond donors (Lipinski definition) is 3. The first kappa shape index (κ1) is 15.1. The number of ether oxygens (including phenoxy) is 1. The van der Waals surface area contributed by atoms with E-state index in [0.717, 1.165) is 12.8 Å². The van der Waals surface area contributed by atoms with Gasteiger partial charge in [-0.05, 0) is 25.7 Å². The molecule has 1 heterocycles. The van der Waals surface area contributed by atoms with E-state index in [4.69, 9.17) is 9.84 Å². The van der Waals surface area contributed by atoms with Gasteiger partial charge in [-0.25, -0.2) is 4.79 Å². The van der Waals surface area contributed by atoms with Crippen LogP contribution in [0.3, 0.4) is 0 Å². The minimum Gasteiger partial charge on any atom is -0.481 e. The molecule has 2 amide bonds. The van der Waals surface area contributed by atoms with Crippen LogP contribution in [-0.2, 0) is 9.53 Å². The second kappa shape index (κ2) is 6.90. The topological polar surface area (TPSA) is 99.1 Å². The number of carbonyl (C=O) groups is 2. The van der Waals surface area contributed by atoms with Crippen molar-refractivity contribution in [3.8, 4) is 0 Å². The summed E-state index contributed by atoms with van der Waals surface area (Å²) in [6.07, 6.45) is 2.57. The fraction of sp³-hybridized carbons (Fsp3) is 0.846. The standard InChI is InChI=1S/C13H22N2O5/c16-11-3-1-9(2-4-11)14-13(19)15-5-6-20-8-10(15)7-12(17)18/h9-11,16H,1-8H2,(H,14,19)(H,17,18). The Morgan fingerprint density at radius 2 is 1.95 bits per heavy atom. The van der Waals surface area contributed by atoms with E-state index in [1.165, 1.54) is 0 Å². The summed E-state index contributed by atoms with van der Waals surface area (Å²) in [6, 6.07) is -0.560. The molecular weight excluding hydrogens is 264 g/mol. The zero-order valence-electron chi connectivity index (χ0n) is 11.5. The number of carboxylic acids is 1. The maximum absolute atomic E-state index is 12.2. The quantitative estimate of drug-likeness (QED) is 0.687. The van der Waals surface area contributed by atoms with Crippen molar-refractivity contribution in [1.82, 2.24) is 10.2 Å². The van der Waals surface area contributed by atoms with Crippen LogP contribution in [0.25, 0.3) is 0 Å². The fourth-order valence-corrected chi connectivity index (χ4v) is 2.77. The third kappa shape index (κ3) is 4.08. The summed E-state index contributed by atoms with van der Waals surface area (Å²) in [5.74, 6) is -0.931. The number of rotatable bonds is 3. The molecule has 0 aromatic carbocycles. The van der Waals surface area contributed by atoms with Crippen LogP contribution in [0.4, 0.5) is 4.79 Å². The number of hydrogen-bond acceptors (Lipinski definition) is 4. The maximum Gasteiger partial charge on any atom is 0.318 e. The van der Waals surface area contributed by atoms with Gasteiger partial charge in [0.05, 0.1) is 31.8 Å². The van der Waals surface area contributed by atoms with E-state index in [1.54, 1.807) is 4.90 Å². The average molecular weight is 286 g/mol. The lowest BCUT2D eigenvalue weighted by Crippen LogP contribution is -2.55. The zero-order chi connectivity index (χ0) is 14.5. The van der Waals surface area contributed by atoms with Crippen molar-refractivity contribution in [2.75, 3.05) is 19.8 Å². The molecule has 1 unspecified atom stereocenters. The molecule has 0 aromatic rings. The second-order valence-electron chi connectivity index (χ2n) is 5.47. The lowest BCUT2D eigenvalue weighted by Gasteiger charge is -2.36. The van der Waals surface area contributed by atoms with Gasteiger partial charge in [0.2, 0.25) is 0 Å². The minimum atomic E-state index is -0.931. The molecule has 7 heteroatoms. The van der Waals surface area contributed by atoms with Crippen molar-refractivity contribution in [3.63, 3.8) is 0 Å². The summed E-state index contributed by atoms with van der Waals surface area (Å²) in [5.41, 5.74) is 0. The van der Waals surface area contributed by atoms with Gasteiger partial charge in [-0.15, -0.1) is 0 Å². The first-order chi connectivity index (χ1) is 9.56. The molecule has 7 nitrogen and oxygen atoms in total. The van der Waals surface area contributed by atoms with Crippen molar-refractivity contribution >= 4 is 12.0 Å². The third-order valence-corrected chi connectivity index (χ3v) is 3.92. The van der Waals surface area contributed by atoms with Crippen LogP contribution < -0.4 is 5.32 Å². The van der Waals surface area contributed by atoms with Crippen molar-refractivity contribution in [2.24, 2.45) is 0 Å². The van der Waals surface area contributed by atoms with E-state index < -0.39 is 12.0 Å². The number of aliphatic hydroxyl groups excluding tert-OH is 1.